The summed E-state index contributed by atoms with van der Waals surface area (Å²) in [6.45, 7) is 4.40. The second kappa shape index (κ2) is 10.0. The molecule has 0 bridgehead atoms. The van der Waals surface area contributed by atoms with Crippen molar-refractivity contribution in [2.45, 2.75) is 33.1 Å². The standard InChI is InChI=1S/C11H17N.C2H4O2/c1-2-3-7-10-12-11-8-5-4-6-9-11;1-2(3)4/h4-6,8-9,12H,2-3,7,10H2,1H3;1H3,(H,3,4). The number of carboxylic acids is 1. The third kappa shape index (κ3) is 10.6. The highest BCUT2D eigenvalue weighted by molar-refractivity contribution is 5.62. The lowest BCUT2D eigenvalue weighted by Crippen LogP contribution is -2.00. The van der Waals surface area contributed by atoms with Crippen LogP contribution in [0.1, 0.15) is 33.1 Å². The highest BCUT2D eigenvalue weighted by Gasteiger charge is 1.87. The zero-order valence-corrected chi connectivity index (χ0v) is 10.1. The van der Waals surface area contributed by atoms with Gasteiger partial charge in [-0.05, 0) is 18.6 Å². The number of nitrogens with one attached hydrogen (secondary N) is 1. The quantitative estimate of drug-likeness (QED) is 0.752. The molecule has 0 aliphatic rings. The lowest BCUT2D eigenvalue weighted by Gasteiger charge is -2.04. The van der Waals surface area contributed by atoms with Gasteiger partial charge >= 0.3 is 0 Å². The van der Waals surface area contributed by atoms with Crippen LogP contribution in [-0.4, -0.2) is 17.6 Å². The van der Waals surface area contributed by atoms with E-state index in [1.165, 1.54) is 24.9 Å². The first-order chi connectivity index (χ1) is 7.66. The van der Waals surface area contributed by atoms with Gasteiger partial charge in [0.15, 0.2) is 0 Å². The lowest BCUT2D eigenvalue weighted by atomic mass is 10.2. The maximum Gasteiger partial charge on any atom is 0.300 e. The molecule has 90 valence electrons. The number of para-hydroxylation sites is 1. The molecule has 0 aromatic heterocycles. The Balaban J connectivity index is 0.000000487. The van der Waals surface area contributed by atoms with Crippen molar-refractivity contribution in [1.82, 2.24) is 0 Å². The smallest absolute Gasteiger partial charge is 0.300 e. The SMILES string of the molecule is CC(=O)O.CCCCCNc1ccccc1. The van der Waals surface area contributed by atoms with Crippen LogP contribution in [0.5, 0.6) is 0 Å². The molecular formula is C13H21NO2. The van der Waals surface area contributed by atoms with Gasteiger partial charge in [0, 0.05) is 19.2 Å². The molecule has 3 nitrogen and oxygen atoms in total. The molecule has 2 N–H and O–H groups in total. The van der Waals surface area contributed by atoms with E-state index in [9.17, 15) is 0 Å². The van der Waals surface area contributed by atoms with Gasteiger partial charge in [0.25, 0.3) is 5.97 Å². The summed E-state index contributed by atoms with van der Waals surface area (Å²) in [4.78, 5) is 9.00. The maximum absolute atomic E-state index is 9.00. The summed E-state index contributed by atoms with van der Waals surface area (Å²) in [5, 5.41) is 10.8. The summed E-state index contributed by atoms with van der Waals surface area (Å²) in [7, 11) is 0. The fourth-order valence-electron chi connectivity index (χ4n) is 1.16. The van der Waals surface area contributed by atoms with Crippen molar-refractivity contribution < 1.29 is 9.90 Å². The van der Waals surface area contributed by atoms with Crippen LogP contribution in [0.2, 0.25) is 0 Å². The highest BCUT2D eigenvalue weighted by Crippen LogP contribution is 2.05. The molecule has 0 amide bonds. The molecule has 0 saturated carbocycles. The van der Waals surface area contributed by atoms with Crippen molar-refractivity contribution in [3.63, 3.8) is 0 Å². The van der Waals surface area contributed by atoms with Crippen LogP contribution in [0.15, 0.2) is 30.3 Å². The number of carbonyl (C=O) groups is 1. The molecule has 0 unspecified atom stereocenters. The number of anilines is 1. The van der Waals surface area contributed by atoms with E-state index in [4.69, 9.17) is 9.90 Å². The van der Waals surface area contributed by atoms with Crippen LogP contribution in [-0.2, 0) is 4.79 Å². The molecule has 0 spiro atoms. The predicted octanol–water partition coefficient (Wildman–Crippen LogP) is 3.38. The van der Waals surface area contributed by atoms with Crippen molar-refractivity contribution in [3.8, 4) is 0 Å². The van der Waals surface area contributed by atoms with Crippen LogP contribution in [0.3, 0.4) is 0 Å². The molecule has 3 heteroatoms. The van der Waals surface area contributed by atoms with Gasteiger partial charge in [0.05, 0.1) is 0 Å². The summed E-state index contributed by atoms with van der Waals surface area (Å²) in [6.07, 6.45) is 3.88. The normalized spacial score (nSPS) is 8.88. The monoisotopic (exact) mass is 223 g/mol. The van der Waals surface area contributed by atoms with Gasteiger partial charge in [0.2, 0.25) is 0 Å². The molecular weight excluding hydrogens is 202 g/mol. The summed E-state index contributed by atoms with van der Waals surface area (Å²) in [6, 6.07) is 10.4. The Morgan fingerprint density at radius 1 is 1.25 bits per heavy atom. The molecule has 0 aliphatic carbocycles. The van der Waals surface area contributed by atoms with Crippen molar-refractivity contribution in [2.75, 3.05) is 11.9 Å². The van der Waals surface area contributed by atoms with Crippen molar-refractivity contribution in [1.29, 1.82) is 0 Å². The predicted molar refractivity (Wildman–Crippen MR) is 67.8 cm³/mol. The minimum atomic E-state index is -0.833. The van der Waals surface area contributed by atoms with Gasteiger partial charge in [-0.2, -0.15) is 0 Å². The molecule has 1 aromatic rings. The Kier molecular flexibility index (Phi) is 9.08. The van der Waals surface area contributed by atoms with E-state index < -0.39 is 5.97 Å². The average molecular weight is 223 g/mol. The fourth-order valence-corrected chi connectivity index (χ4v) is 1.16. The van der Waals surface area contributed by atoms with Crippen LogP contribution < -0.4 is 5.32 Å². The molecule has 0 radical (unpaired) electrons. The van der Waals surface area contributed by atoms with E-state index in [1.807, 2.05) is 6.07 Å². The fraction of sp³-hybridized carbons (Fsp3) is 0.462. The number of hydrogen-bond donors (Lipinski definition) is 2. The Labute approximate surface area is 97.5 Å². The minimum absolute atomic E-state index is 0.833. The first-order valence-corrected chi connectivity index (χ1v) is 5.65. The Morgan fingerprint density at radius 2 is 1.81 bits per heavy atom. The number of hydrogen-bond acceptors (Lipinski definition) is 2. The van der Waals surface area contributed by atoms with Gasteiger partial charge in [0.1, 0.15) is 0 Å². The summed E-state index contributed by atoms with van der Waals surface area (Å²) >= 11 is 0. The topological polar surface area (TPSA) is 49.3 Å². The Morgan fingerprint density at radius 3 is 2.31 bits per heavy atom. The van der Waals surface area contributed by atoms with E-state index in [0.717, 1.165) is 13.5 Å². The van der Waals surface area contributed by atoms with E-state index in [0.29, 0.717) is 0 Å². The third-order valence-corrected chi connectivity index (χ3v) is 1.88. The highest BCUT2D eigenvalue weighted by atomic mass is 16.4. The Bertz CT molecular complexity index is 269. The van der Waals surface area contributed by atoms with Gasteiger partial charge in [-0.25, -0.2) is 0 Å². The van der Waals surface area contributed by atoms with Crippen LogP contribution in [0, 0.1) is 0 Å². The van der Waals surface area contributed by atoms with E-state index in [-0.39, 0.29) is 0 Å². The number of unbranched alkanes of at least 4 members (excludes halogenated alkanes) is 2. The molecule has 0 fully saturated rings. The van der Waals surface area contributed by atoms with Crippen molar-refractivity contribution >= 4 is 11.7 Å². The molecule has 0 atom stereocenters. The molecule has 0 saturated heterocycles. The van der Waals surface area contributed by atoms with Crippen LogP contribution in [0.4, 0.5) is 5.69 Å². The summed E-state index contributed by atoms with van der Waals surface area (Å²) in [5.74, 6) is -0.833. The van der Waals surface area contributed by atoms with Gasteiger partial charge in [-0.3, -0.25) is 4.79 Å². The molecule has 0 aliphatic heterocycles. The van der Waals surface area contributed by atoms with Crippen LogP contribution in [0.25, 0.3) is 0 Å². The molecule has 1 rings (SSSR count). The third-order valence-electron chi connectivity index (χ3n) is 1.88. The van der Waals surface area contributed by atoms with Crippen LogP contribution >= 0.6 is 0 Å². The van der Waals surface area contributed by atoms with E-state index in [2.05, 4.69) is 36.5 Å². The molecule has 16 heavy (non-hydrogen) atoms. The maximum atomic E-state index is 9.00. The Hall–Kier alpha value is -1.51. The first-order valence-electron chi connectivity index (χ1n) is 5.65. The number of benzene rings is 1. The first kappa shape index (κ1) is 14.5. The second-order valence-electron chi connectivity index (χ2n) is 3.52. The van der Waals surface area contributed by atoms with Crippen molar-refractivity contribution in [2.24, 2.45) is 0 Å². The largest absolute Gasteiger partial charge is 0.481 e. The average Bonchev–Trinajstić information content (AvgIpc) is 2.25. The van der Waals surface area contributed by atoms with E-state index >= 15 is 0 Å². The number of carboxylic acid groups (broad SMARTS) is 1. The lowest BCUT2D eigenvalue weighted by molar-refractivity contribution is -0.134. The molecule has 0 heterocycles. The zero-order valence-electron chi connectivity index (χ0n) is 10.1. The van der Waals surface area contributed by atoms with Crippen molar-refractivity contribution in [3.05, 3.63) is 30.3 Å². The minimum Gasteiger partial charge on any atom is -0.481 e. The zero-order chi connectivity index (χ0) is 12.2. The number of aliphatic carboxylic acids is 1. The van der Waals surface area contributed by atoms with Gasteiger partial charge in [-0.1, -0.05) is 38.0 Å². The number of rotatable bonds is 5. The van der Waals surface area contributed by atoms with Gasteiger partial charge in [-0.15, -0.1) is 0 Å². The van der Waals surface area contributed by atoms with Gasteiger partial charge < -0.3 is 10.4 Å². The summed E-state index contributed by atoms with van der Waals surface area (Å²) < 4.78 is 0. The molecule has 1 aromatic carbocycles. The van der Waals surface area contributed by atoms with E-state index in [1.54, 1.807) is 0 Å². The second-order valence-corrected chi connectivity index (χ2v) is 3.52. The summed E-state index contributed by atoms with van der Waals surface area (Å²) in [5.41, 5.74) is 1.23.